The number of fused-ring (bicyclic) bond motifs is 6. The molecule has 3 N–H and O–H groups in total. The van der Waals surface area contributed by atoms with E-state index in [4.69, 9.17) is 4.74 Å². The smallest absolute Gasteiger partial charge is 0.205 e. The van der Waals surface area contributed by atoms with Crippen LogP contribution in [-0.4, -0.2) is 31.5 Å². The SMILES string of the molecule is C[C@@]12CC[C@@](CCO)(O1)c1c2c(O)n(-c2ccc(C#N)c3ncccc23)c1O. The Kier molecular flexibility index (Phi) is 3.33. The first-order chi connectivity index (χ1) is 13.5. The molecule has 142 valence electrons. The maximum atomic E-state index is 11.2. The molecule has 2 atom stereocenters. The summed E-state index contributed by atoms with van der Waals surface area (Å²) < 4.78 is 7.62. The van der Waals surface area contributed by atoms with Gasteiger partial charge in [0.1, 0.15) is 11.7 Å². The first-order valence-electron chi connectivity index (χ1n) is 9.22. The van der Waals surface area contributed by atoms with Gasteiger partial charge >= 0.3 is 0 Å². The van der Waals surface area contributed by atoms with Gasteiger partial charge in [0.05, 0.1) is 33.5 Å². The molecular formula is C21H19N3O4. The van der Waals surface area contributed by atoms with Crippen molar-refractivity contribution in [2.24, 2.45) is 0 Å². The van der Waals surface area contributed by atoms with Crippen molar-refractivity contribution in [2.45, 2.75) is 37.4 Å². The summed E-state index contributed by atoms with van der Waals surface area (Å²) in [7, 11) is 0. The third-order valence-electron chi connectivity index (χ3n) is 6.16. The quantitative estimate of drug-likeness (QED) is 0.647. The van der Waals surface area contributed by atoms with E-state index < -0.39 is 11.2 Å². The lowest BCUT2D eigenvalue weighted by atomic mass is 9.78. The molecule has 7 nitrogen and oxygen atoms in total. The van der Waals surface area contributed by atoms with Gasteiger partial charge in [0.15, 0.2) is 0 Å². The van der Waals surface area contributed by atoms with Gasteiger partial charge < -0.3 is 20.1 Å². The van der Waals surface area contributed by atoms with E-state index in [-0.39, 0.29) is 18.4 Å². The van der Waals surface area contributed by atoms with E-state index in [1.54, 1.807) is 30.5 Å². The number of nitrogens with zero attached hydrogens (tertiary/aromatic N) is 3. The third-order valence-corrected chi connectivity index (χ3v) is 6.16. The lowest BCUT2D eigenvalue weighted by molar-refractivity contribution is -0.0887. The van der Waals surface area contributed by atoms with Crippen LogP contribution in [0.3, 0.4) is 0 Å². The van der Waals surface area contributed by atoms with E-state index in [2.05, 4.69) is 11.1 Å². The molecule has 2 aliphatic heterocycles. The molecule has 0 unspecified atom stereocenters. The fourth-order valence-electron chi connectivity index (χ4n) is 4.96. The number of aliphatic hydroxyl groups is 1. The van der Waals surface area contributed by atoms with E-state index in [9.17, 15) is 20.6 Å². The van der Waals surface area contributed by atoms with Crippen LogP contribution < -0.4 is 0 Å². The average Bonchev–Trinajstić information content (AvgIpc) is 3.26. The zero-order chi connectivity index (χ0) is 19.7. The van der Waals surface area contributed by atoms with Crippen molar-refractivity contribution in [1.82, 2.24) is 9.55 Å². The largest absolute Gasteiger partial charge is 0.494 e. The molecule has 0 radical (unpaired) electrons. The zero-order valence-electron chi connectivity index (χ0n) is 15.3. The Morgan fingerprint density at radius 3 is 2.75 bits per heavy atom. The van der Waals surface area contributed by atoms with Crippen molar-refractivity contribution in [3.63, 3.8) is 0 Å². The maximum Gasteiger partial charge on any atom is 0.205 e. The Morgan fingerprint density at radius 2 is 2.00 bits per heavy atom. The predicted octanol–water partition coefficient (Wildman–Crippen LogP) is 2.93. The van der Waals surface area contributed by atoms with Gasteiger partial charge in [-0.25, -0.2) is 0 Å². The molecule has 1 fully saturated rings. The summed E-state index contributed by atoms with van der Waals surface area (Å²) in [6.07, 6.45) is 3.33. The van der Waals surface area contributed by atoms with Gasteiger partial charge in [-0.2, -0.15) is 5.26 Å². The molecule has 2 bridgehead atoms. The number of rotatable bonds is 3. The number of aliphatic hydroxyl groups excluding tert-OH is 1. The maximum absolute atomic E-state index is 11.2. The number of hydrogen-bond donors (Lipinski definition) is 3. The third kappa shape index (κ3) is 1.91. The van der Waals surface area contributed by atoms with Crippen LogP contribution >= 0.6 is 0 Å². The summed E-state index contributed by atoms with van der Waals surface area (Å²) in [5.74, 6) is -0.177. The molecule has 5 rings (SSSR count). The van der Waals surface area contributed by atoms with E-state index >= 15 is 0 Å². The van der Waals surface area contributed by atoms with Crippen LogP contribution in [-0.2, 0) is 15.9 Å². The summed E-state index contributed by atoms with van der Waals surface area (Å²) in [5, 5.41) is 41.9. The minimum absolute atomic E-state index is 0.0788. The summed E-state index contributed by atoms with van der Waals surface area (Å²) in [4.78, 5) is 4.30. The van der Waals surface area contributed by atoms with Crippen molar-refractivity contribution in [3.05, 3.63) is 47.2 Å². The van der Waals surface area contributed by atoms with Crippen molar-refractivity contribution in [3.8, 4) is 23.5 Å². The van der Waals surface area contributed by atoms with Crippen molar-refractivity contribution < 1.29 is 20.1 Å². The Bertz CT molecular complexity index is 1170. The molecule has 1 aromatic carbocycles. The number of benzene rings is 1. The number of hydrogen-bond acceptors (Lipinski definition) is 6. The number of aromatic hydroxyl groups is 2. The second-order valence-electron chi connectivity index (χ2n) is 7.68. The van der Waals surface area contributed by atoms with Gasteiger partial charge in [0, 0.05) is 24.6 Å². The van der Waals surface area contributed by atoms with Gasteiger partial charge in [-0.1, -0.05) is 0 Å². The first kappa shape index (κ1) is 17.0. The zero-order valence-corrected chi connectivity index (χ0v) is 15.3. The highest BCUT2D eigenvalue weighted by Crippen LogP contribution is 2.65. The molecular weight excluding hydrogens is 358 g/mol. The van der Waals surface area contributed by atoms with Gasteiger partial charge in [0.2, 0.25) is 11.8 Å². The van der Waals surface area contributed by atoms with Crippen LogP contribution in [0.1, 0.15) is 42.9 Å². The van der Waals surface area contributed by atoms with Crippen LogP contribution in [0.5, 0.6) is 11.8 Å². The van der Waals surface area contributed by atoms with Gasteiger partial charge in [-0.05, 0) is 44.0 Å². The number of aromatic nitrogens is 2. The molecule has 7 heteroatoms. The molecule has 2 aromatic heterocycles. The van der Waals surface area contributed by atoms with E-state index in [0.717, 1.165) is 0 Å². The lowest BCUT2D eigenvalue weighted by Crippen LogP contribution is -2.24. The molecule has 0 saturated carbocycles. The van der Waals surface area contributed by atoms with Crippen LogP contribution in [0.25, 0.3) is 16.6 Å². The summed E-state index contributed by atoms with van der Waals surface area (Å²) in [6, 6.07) is 9.00. The van der Waals surface area contributed by atoms with Gasteiger partial charge in [-0.15, -0.1) is 0 Å². The highest BCUT2D eigenvalue weighted by atomic mass is 16.5. The first-order valence-corrected chi connectivity index (χ1v) is 9.22. The van der Waals surface area contributed by atoms with Crippen molar-refractivity contribution in [1.29, 1.82) is 5.26 Å². The summed E-state index contributed by atoms with van der Waals surface area (Å²) in [5.41, 5.74) is 1.08. The van der Waals surface area contributed by atoms with Crippen LogP contribution in [0.2, 0.25) is 0 Å². The molecule has 28 heavy (non-hydrogen) atoms. The molecule has 3 aromatic rings. The Hall–Kier alpha value is -3.08. The van der Waals surface area contributed by atoms with E-state index in [1.807, 2.05) is 6.92 Å². The van der Waals surface area contributed by atoms with Gasteiger partial charge in [-0.3, -0.25) is 9.55 Å². The molecule has 0 spiro atoms. The minimum atomic E-state index is -0.799. The predicted molar refractivity (Wildman–Crippen MR) is 100 cm³/mol. The van der Waals surface area contributed by atoms with Crippen molar-refractivity contribution in [2.75, 3.05) is 6.61 Å². The Morgan fingerprint density at radius 1 is 1.21 bits per heavy atom. The van der Waals surface area contributed by atoms with Crippen LogP contribution in [0, 0.1) is 11.3 Å². The topological polar surface area (TPSA) is 112 Å². The second-order valence-corrected chi connectivity index (χ2v) is 7.68. The number of nitriles is 1. The average molecular weight is 377 g/mol. The summed E-state index contributed by atoms with van der Waals surface area (Å²) >= 11 is 0. The fourth-order valence-corrected chi connectivity index (χ4v) is 4.96. The highest BCUT2D eigenvalue weighted by Gasteiger charge is 2.61. The Balaban J connectivity index is 1.83. The molecule has 2 aliphatic rings. The molecule has 0 aliphatic carbocycles. The highest BCUT2D eigenvalue weighted by molar-refractivity contribution is 5.92. The Labute approximate surface area is 161 Å². The summed E-state index contributed by atoms with van der Waals surface area (Å²) in [6.45, 7) is 1.82. The number of pyridine rings is 1. The molecule has 4 heterocycles. The van der Waals surface area contributed by atoms with E-state index in [1.165, 1.54) is 4.57 Å². The monoisotopic (exact) mass is 377 g/mol. The lowest BCUT2D eigenvalue weighted by Gasteiger charge is -2.25. The fraction of sp³-hybridized carbons (Fsp3) is 0.333. The number of ether oxygens (including phenoxy) is 1. The molecule has 1 saturated heterocycles. The van der Waals surface area contributed by atoms with Gasteiger partial charge in [0.25, 0.3) is 0 Å². The normalized spacial score (nSPS) is 25.2. The second kappa shape index (κ2) is 5.47. The van der Waals surface area contributed by atoms with Crippen molar-refractivity contribution >= 4 is 10.9 Å². The standard InChI is InChI=1S/C21H19N3O4/c1-20-6-7-21(28-20,8-10-25)16-15(20)18(26)24(19(16)27)14-5-4-12(11-22)17-13(14)3-2-9-23-17/h2-5,9,25-27H,6-8,10H2,1H3/t20-,21-/m0/s1. The minimum Gasteiger partial charge on any atom is -0.494 e. The van der Waals surface area contributed by atoms with Crippen LogP contribution in [0.4, 0.5) is 0 Å². The van der Waals surface area contributed by atoms with E-state index in [0.29, 0.717) is 52.5 Å². The van der Waals surface area contributed by atoms with Crippen LogP contribution in [0.15, 0.2) is 30.5 Å². The molecule has 0 amide bonds.